The van der Waals surface area contributed by atoms with Crippen molar-refractivity contribution in [1.82, 2.24) is 9.88 Å². The van der Waals surface area contributed by atoms with Gasteiger partial charge >= 0.3 is 0 Å². The third-order valence-corrected chi connectivity index (χ3v) is 4.21. The molecule has 1 saturated heterocycles. The van der Waals surface area contributed by atoms with E-state index in [1.807, 2.05) is 19.1 Å². The van der Waals surface area contributed by atoms with E-state index in [0.29, 0.717) is 19.0 Å². The van der Waals surface area contributed by atoms with Crippen molar-refractivity contribution in [3.63, 3.8) is 0 Å². The quantitative estimate of drug-likeness (QED) is 0.565. The molecule has 0 N–H and O–H groups in total. The van der Waals surface area contributed by atoms with Gasteiger partial charge in [-0.2, -0.15) is 0 Å². The van der Waals surface area contributed by atoms with Gasteiger partial charge in [0.2, 0.25) is 5.88 Å². The molecule has 2 aromatic rings. The Hall–Kier alpha value is -3.36. The Morgan fingerprint density at radius 2 is 1.89 bits per heavy atom. The first kappa shape index (κ1) is 18.4. The number of ether oxygens (including phenoxy) is 3. The fourth-order valence-electron chi connectivity index (χ4n) is 2.79. The highest BCUT2D eigenvalue weighted by Crippen LogP contribution is 2.35. The highest BCUT2D eigenvalue weighted by atomic mass is 16.6. The molecular formula is C18H19N3O6. The maximum Gasteiger partial charge on any atom is 0.286 e. The molecule has 2 heterocycles. The molecule has 1 amide bonds. The Morgan fingerprint density at radius 1 is 1.22 bits per heavy atom. The number of nitro benzene ring substituents is 1. The van der Waals surface area contributed by atoms with E-state index in [2.05, 4.69) is 4.98 Å². The summed E-state index contributed by atoms with van der Waals surface area (Å²) in [6, 6.07) is 7.97. The van der Waals surface area contributed by atoms with Crippen molar-refractivity contribution < 1.29 is 23.9 Å². The lowest BCUT2D eigenvalue weighted by Crippen LogP contribution is -2.56. The van der Waals surface area contributed by atoms with Gasteiger partial charge in [-0.15, -0.1) is 0 Å². The van der Waals surface area contributed by atoms with Crippen LogP contribution in [0, 0.1) is 17.0 Å². The molecule has 1 fully saturated rings. The number of benzene rings is 1. The molecule has 0 aliphatic carbocycles. The highest BCUT2D eigenvalue weighted by Gasteiger charge is 2.36. The van der Waals surface area contributed by atoms with Crippen LogP contribution < -0.4 is 14.2 Å². The van der Waals surface area contributed by atoms with Crippen LogP contribution in [0.5, 0.6) is 17.4 Å². The van der Waals surface area contributed by atoms with E-state index in [0.717, 1.165) is 5.69 Å². The molecule has 0 unspecified atom stereocenters. The molecular weight excluding hydrogens is 354 g/mol. The number of aryl methyl sites for hydroxylation is 1. The van der Waals surface area contributed by atoms with Crippen LogP contribution in [0.2, 0.25) is 0 Å². The molecule has 27 heavy (non-hydrogen) atoms. The second kappa shape index (κ2) is 7.48. The fraction of sp³-hybridized carbons (Fsp3) is 0.333. The first-order chi connectivity index (χ1) is 12.9. The summed E-state index contributed by atoms with van der Waals surface area (Å²) in [6.07, 6.45) is -0.206. The Bertz CT molecular complexity index is 879. The molecule has 9 heteroatoms. The zero-order valence-electron chi connectivity index (χ0n) is 15.2. The minimum absolute atomic E-state index is 0.0511. The second-order valence-electron chi connectivity index (χ2n) is 6.05. The molecule has 0 radical (unpaired) electrons. The number of likely N-dealkylation sites (tertiary alicyclic amines) is 1. The molecule has 1 aliphatic heterocycles. The molecule has 1 aliphatic rings. The van der Waals surface area contributed by atoms with Gasteiger partial charge in [-0.3, -0.25) is 14.9 Å². The number of hydrogen-bond donors (Lipinski definition) is 0. The van der Waals surface area contributed by atoms with E-state index < -0.39 is 10.8 Å². The molecule has 1 aromatic carbocycles. The number of hydrogen-bond acceptors (Lipinski definition) is 7. The third-order valence-electron chi connectivity index (χ3n) is 4.21. The summed E-state index contributed by atoms with van der Waals surface area (Å²) in [5, 5.41) is 11.4. The summed E-state index contributed by atoms with van der Waals surface area (Å²) in [5.74, 6) is 0.476. The van der Waals surface area contributed by atoms with Gasteiger partial charge < -0.3 is 19.1 Å². The van der Waals surface area contributed by atoms with Gasteiger partial charge in [0.25, 0.3) is 11.6 Å². The summed E-state index contributed by atoms with van der Waals surface area (Å²) >= 11 is 0. The molecule has 3 rings (SSSR count). The van der Waals surface area contributed by atoms with E-state index in [9.17, 15) is 14.9 Å². The van der Waals surface area contributed by atoms with Crippen molar-refractivity contribution >= 4 is 11.6 Å². The van der Waals surface area contributed by atoms with E-state index in [4.69, 9.17) is 14.2 Å². The number of carbonyl (C=O) groups excluding carboxylic acids is 1. The maximum atomic E-state index is 12.7. The Morgan fingerprint density at radius 3 is 2.48 bits per heavy atom. The number of nitrogens with zero attached hydrogens (tertiary/aromatic N) is 3. The number of aromatic nitrogens is 1. The topological polar surface area (TPSA) is 104 Å². The van der Waals surface area contributed by atoms with Crippen molar-refractivity contribution in [2.75, 3.05) is 27.3 Å². The van der Waals surface area contributed by atoms with Crippen LogP contribution in [0.3, 0.4) is 0 Å². The smallest absolute Gasteiger partial charge is 0.286 e. The van der Waals surface area contributed by atoms with Crippen LogP contribution in [0.1, 0.15) is 16.1 Å². The predicted molar refractivity (Wildman–Crippen MR) is 95.5 cm³/mol. The summed E-state index contributed by atoms with van der Waals surface area (Å²) < 4.78 is 16.0. The Kier molecular flexibility index (Phi) is 5.11. The average Bonchev–Trinajstić information content (AvgIpc) is 2.62. The lowest BCUT2D eigenvalue weighted by atomic mass is 10.1. The largest absolute Gasteiger partial charge is 0.493 e. The molecule has 0 bridgehead atoms. The summed E-state index contributed by atoms with van der Waals surface area (Å²) in [5.41, 5.74) is 0.452. The Labute approximate surface area is 155 Å². The third kappa shape index (κ3) is 3.76. The average molecular weight is 373 g/mol. The number of amides is 1. The van der Waals surface area contributed by atoms with E-state index >= 15 is 0 Å². The van der Waals surface area contributed by atoms with Gasteiger partial charge in [-0.25, -0.2) is 4.98 Å². The van der Waals surface area contributed by atoms with Gasteiger partial charge in [0.1, 0.15) is 11.7 Å². The van der Waals surface area contributed by atoms with Crippen LogP contribution in [-0.2, 0) is 0 Å². The second-order valence-corrected chi connectivity index (χ2v) is 6.05. The molecule has 1 aromatic heterocycles. The molecule has 0 saturated carbocycles. The van der Waals surface area contributed by atoms with Crippen LogP contribution in [0.4, 0.5) is 5.69 Å². The van der Waals surface area contributed by atoms with E-state index in [1.54, 1.807) is 6.07 Å². The molecule has 9 nitrogen and oxygen atoms in total. The fourth-order valence-corrected chi connectivity index (χ4v) is 2.79. The van der Waals surface area contributed by atoms with Crippen molar-refractivity contribution in [1.29, 1.82) is 0 Å². The van der Waals surface area contributed by atoms with Crippen molar-refractivity contribution in [2.45, 2.75) is 13.0 Å². The minimum Gasteiger partial charge on any atom is -0.493 e. The zero-order chi connectivity index (χ0) is 19.6. The van der Waals surface area contributed by atoms with Crippen molar-refractivity contribution in [3.8, 4) is 17.4 Å². The first-order valence-corrected chi connectivity index (χ1v) is 8.23. The number of methoxy groups -OCH3 is 2. The van der Waals surface area contributed by atoms with Crippen LogP contribution in [0.25, 0.3) is 0 Å². The summed E-state index contributed by atoms with van der Waals surface area (Å²) in [6.45, 7) is 2.50. The zero-order valence-corrected chi connectivity index (χ0v) is 15.2. The van der Waals surface area contributed by atoms with Gasteiger partial charge in [0, 0.05) is 17.8 Å². The normalized spacial score (nSPS) is 13.7. The van der Waals surface area contributed by atoms with E-state index in [-0.39, 0.29) is 28.9 Å². The molecule has 0 spiro atoms. The van der Waals surface area contributed by atoms with Gasteiger partial charge in [-0.05, 0) is 13.0 Å². The van der Waals surface area contributed by atoms with Crippen LogP contribution in [0.15, 0.2) is 30.3 Å². The van der Waals surface area contributed by atoms with Gasteiger partial charge in [0.15, 0.2) is 11.5 Å². The van der Waals surface area contributed by atoms with Crippen molar-refractivity contribution in [2.24, 2.45) is 0 Å². The van der Waals surface area contributed by atoms with Crippen LogP contribution in [-0.4, -0.2) is 54.1 Å². The van der Waals surface area contributed by atoms with Gasteiger partial charge in [-0.1, -0.05) is 6.07 Å². The number of carbonyl (C=O) groups is 1. The predicted octanol–water partition coefficient (Wildman–Crippen LogP) is 2.22. The first-order valence-electron chi connectivity index (χ1n) is 8.23. The summed E-state index contributed by atoms with van der Waals surface area (Å²) in [4.78, 5) is 29.2. The minimum atomic E-state index is -0.611. The van der Waals surface area contributed by atoms with Crippen molar-refractivity contribution in [3.05, 3.63) is 51.7 Å². The van der Waals surface area contributed by atoms with Crippen LogP contribution >= 0.6 is 0 Å². The monoisotopic (exact) mass is 373 g/mol. The maximum absolute atomic E-state index is 12.7. The Balaban J connectivity index is 1.74. The van der Waals surface area contributed by atoms with E-state index in [1.165, 1.54) is 31.3 Å². The number of rotatable bonds is 6. The number of nitro groups is 1. The highest BCUT2D eigenvalue weighted by molar-refractivity contribution is 5.99. The van der Waals surface area contributed by atoms with Gasteiger partial charge in [0.05, 0.1) is 38.3 Å². The lowest BCUT2D eigenvalue weighted by Gasteiger charge is -2.38. The molecule has 0 atom stereocenters. The standard InChI is InChI=1S/C18H19N3O6/c1-11-5-4-6-17(19-11)27-12-9-20(10-12)18(22)13-7-15(25-2)16(26-3)8-14(13)21(23)24/h4-8,12H,9-10H2,1-3H3. The SMILES string of the molecule is COc1cc(C(=O)N2CC(Oc3cccc(C)n3)C2)c([N+](=O)[O-])cc1OC. The molecule has 142 valence electrons. The number of pyridine rings is 1. The summed E-state index contributed by atoms with van der Waals surface area (Å²) in [7, 11) is 2.78. The lowest BCUT2D eigenvalue weighted by molar-refractivity contribution is -0.385.